The summed E-state index contributed by atoms with van der Waals surface area (Å²) in [5.74, 6) is -0.753. The number of hydrogen-bond donors (Lipinski definition) is 1. The molecule has 0 unspecified atom stereocenters. The Morgan fingerprint density at radius 3 is 2.65 bits per heavy atom. The van der Waals surface area contributed by atoms with E-state index >= 15 is 0 Å². The smallest absolute Gasteiger partial charge is 0.338 e. The molecule has 0 aromatic heterocycles. The lowest BCUT2D eigenvalue weighted by Gasteiger charge is -2.10. The molecule has 90 valence electrons. The number of halogens is 2. The highest BCUT2D eigenvalue weighted by Gasteiger charge is 2.20. The predicted molar refractivity (Wildman–Crippen MR) is 55.3 cm³/mol. The van der Waals surface area contributed by atoms with Crippen LogP contribution in [0.15, 0.2) is 12.1 Å². The lowest BCUT2D eigenvalue weighted by Crippen LogP contribution is -2.11. The van der Waals surface area contributed by atoms with Crippen LogP contribution in [0.2, 0.25) is 0 Å². The topological polar surface area (TPSA) is 76.1 Å². The van der Waals surface area contributed by atoms with Crippen molar-refractivity contribution in [1.29, 1.82) is 5.26 Å². The van der Waals surface area contributed by atoms with Gasteiger partial charge in [0.05, 0.1) is 24.3 Å². The van der Waals surface area contributed by atoms with Gasteiger partial charge in [-0.2, -0.15) is 5.26 Å². The third-order valence-corrected chi connectivity index (χ3v) is 2.26. The van der Waals surface area contributed by atoms with E-state index in [1.165, 1.54) is 6.07 Å². The van der Waals surface area contributed by atoms with Gasteiger partial charge < -0.3 is 10.5 Å². The van der Waals surface area contributed by atoms with E-state index in [0.717, 1.165) is 13.2 Å². The molecule has 0 bridgehead atoms. The third-order valence-electron chi connectivity index (χ3n) is 2.26. The Labute approximate surface area is 96.6 Å². The van der Waals surface area contributed by atoms with E-state index in [4.69, 9.17) is 11.0 Å². The van der Waals surface area contributed by atoms with Crippen LogP contribution in [0, 0.1) is 11.3 Å². The predicted octanol–water partition coefficient (Wildman–Crippen LogP) is 1.74. The highest BCUT2D eigenvalue weighted by Crippen LogP contribution is 2.26. The van der Waals surface area contributed by atoms with Crippen LogP contribution in [0.1, 0.15) is 33.5 Å². The maximum absolute atomic E-state index is 12.7. The summed E-state index contributed by atoms with van der Waals surface area (Å²) in [7, 11) is 1.14. The minimum absolute atomic E-state index is 0.0377. The Morgan fingerprint density at radius 2 is 2.24 bits per heavy atom. The molecule has 0 aliphatic rings. The van der Waals surface area contributed by atoms with E-state index < -0.39 is 18.0 Å². The number of nitriles is 1. The Bertz CT molecular complexity index is 481. The summed E-state index contributed by atoms with van der Waals surface area (Å²) >= 11 is 0. The largest absolute Gasteiger partial charge is 0.465 e. The minimum atomic E-state index is -2.83. The van der Waals surface area contributed by atoms with Gasteiger partial charge in [-0.25, -0.2) is 13.6 Å². The van der Waals surface area contributed by atoms with Crippen molar-refractivity contribution < 1.29 is 18.3 Å². The zero-order valence-corrected chi connectivity index (χ0v) is 9.04. The van der Waals surface area contributed by atoms with Crippen molar-refractivity contribution >= 4 is 5.97 Å². The number of rotatable bonds is 3. The molecular weight excluding hydrogens is 230 g/mol. The zero-order chi connectivity index (χ0) is 13.0. The molecule has 0 saturated carbocycles. The van der Waals surface area contributed by atoms with E-state index in [2.05, 4.69) is 4.74 Å². The fourth-order valence-corrected chi connectivity index (χ4v) is 1.41. The van der Waals surface area contributed by atoms with Gasteiger partial charge in [0.15, 0.2) is 0 Å². The van der Waals surface area contributed by atoms with Crippen LogP contribution in [0.4, 0.5) is 8.78 Å². The van der Waals surface area contributed by atoms with Gasteiger partial charge in [-0.3, -0.25) is 0 Å². The Hall–Kier alpha value is -2.00. The van der Waals surface area contributed by atoms with Crippen molar-refractivity contribution in [2.24, 2.45) is 5.73 Å². The maximum atomic E-state index is 12.7. The van der Waals surface area contributed by atoms with Crippen LogP contribution in [0.3, 0.4) is 0 Å². The van der Waals surface area contributed by atoms with Gasteiger partial charge >= 0.3 is 5.97 Å². The average molecular weight is 240 g/mol. The molecule has 0 amide bonds. The van der Waals surface area contributed by atoms with Crippen LogP contribution in [-0.4, -0.2) is 13.1 Å². The summed E-state index contributed by atoms with van der Waals surface area (Å²) in [5.41, 5.74) is 4.97. The number of nitrogens with two attached hydrogens (primary N) is 1. The van der Waals surface area contributed by atoms with Gasteiger partial charge in [0.2, 0.25) is 0 Å². The fraction of sp³-hybridized carbons (Fsp3) is 0.273. The van der Waals surface area contributed by atoms with E-state index in [-0.39, 0.29) is 17.7 Å². The standard InChI is InChI=1S/C11H10F2N2O2/c1-17-11(16)9-3-8(10(12)13)6(4-14)2-7(9)5-15/h2-3,10H,5,15H2,1H3. The summed E-state index contributed by atoms with van der Waals surface area (Å²) in [5, 5.41) is 8.73. The lowest BCUT2D eigenvalue weighted by atomic mass is 9.99. The van der Waals surface area contributed by atoms with Crippen molar-refractivity contribution in [2.45, 2.75) is 13.0 Å². The first-order chi connectivity index (χ1) is 8.04. The van der Waals surface area contributed by atoms with Crippen LogP contribution in [-0.2, 0) is 11.3 Å². The molecule has 17 heavy (non-hydrogen) atoms. The summed E-state index contributed by atoms with van der Waals surface area (Å²) in [6.07, 6.45) is -2.83. The molecule has 0 spiro atoms. The number of ether oxygens (including phenoxy) is 1. The first-order valence-electron chi connectivity index (χ1n) is 4.68. The van der Waals surface area contributed by atoms with Gasteiger partial charge in [-0.05, 0) is 17.7 Å². The van der Waals surface area contributed by atoms with E-state index in [0.29, 0.717) is 5.56 Å². The summed E-state index contributed by atoms with van der Waals surface area (Å²) in [6, 6.07) is 3.79. The second kappa shape index (κ2) is 5.37. The summed E-state index contributed by atoms with van der Waals surface area (Å²) < 4.78 is 29.8. The van der Waals surface area contributed by atoms with Gasteiger partial charge in [0, 0.05) is 12.1 Å². The van der Waals surface area contributed by atoms with Crippen molar-refractivity contribution in [3.05, 3.63) is 34.4 Å². The lowest BCUT2D eigenvalue weighted by molar-refractivity contribution is 0.0599. The third kappa shape index (κ3) is 2.57. The number of methoxy groups -OCH3 is 1. The number of carbonyl (C=O) groups excluding carboxylic acids is 1. The molecule has 0 aliphatic heterocycles. The van der Waals surface area contributed by atoms with Crippen molar-refractivity contribution in [3.8, 4) is 6.07 Å². The SMILES string of the molecule is COC(=O)c1cc(C(F)F)c(C#N)cc1CN. The Balaban J connectivity index is 3.45. The Kier molecular flexibility index (Phi) is 4.12. The molecule has 1 aromatic rings. The zero-order valence-electron chi connectivity index (χ0n) is 9.04. The molecule has 1 aromatic carbocycles. The molecule has 1 rings (SSSR count). The number of hydrogen-bond acceptors (Lipinski definition) is 4. The quantitative estimate of drug-likeness (QED) is 0.816. The molecule has 2 N–H and O–H groups in total. The molecule has 0 aliphatic carbocycles. The first-order valence-corrected chi connectivity index (χ1v) is 4.68. The van der Waals surface area contributed by atoms with Crippen LogP contribution in [0.5, 0.6) is 0 Å². The second-order valence-electron chi connectivity index (χ2n) is 3.20. The van der Waals surface area contributed by atoms with Gasteiger partial charge in [-0.1, -0.05) is 0 Å². The first kappa shape index (κ1) is 13.1. The van der Waals surface area contributed by atoms with Crippen molar-refractivity contribution in [3.63, 3.8) is 0 Å². The van der Waals surface area contributed by atoms with Gasteiger partial charge in [0.25, 0.3) is 6.43 Å². The highest BCUT2D eigenvalue weighted by molar-refractivity contribution is 5.91. The van der Waals surface area contributed by atoms with E-state index in [1.807, 2.05) is 0 Å². The molecule has 4 nitrogen and oxygen atoms in total. The van der Waals surface area contributed by atoms with Gasteiger partial charge in [0.1, 0.15) is 0 Å². The highest BCUT2D eigenvalue weighted by atomic mass is 19.3. The van der Waals surface area contributed by atoms with E-state index in [9.17, 15) is 13.6 Å². The second-order valence-corrected chi connectivity index (χ2v) is 3.20. The van der Waals surface area contributed by atoms with Crippen molar-refractivity contribution in [1.82, 2.24) is 0 Å². The monoisotopic (exact) mass is 240 g/mol. The fourth-order valence-electron chi connectivity index (χ4n) is 1.41. The van der Waals surface area contributed by atoms with Crippen LogP contribution < -0.4 is 5.73 Å². The molecule has 0 heterocycles. The normalized spacial score (nSPS) is 10.1. The molecule has 0 atom stereocenters. The molecule has 0 saturated heterocycles. The number of benzene rings is 1. The van der Waals surface area contributed by atoms with Gasteiger partial charge in [-0.15, -0.1) is 0 Å². The number of carbonyl (C=O) groups is 1. The minimum Gasteiger partial charge on any atom is -0.465 e. The number of alkyl halides is 2. The maximum Gasteiger partial charge on any atom is 0.338 e. The number of nitrogens with zero attached hydrogens (tertiary/aromatic N) is 1. The summed E-state index contributed by atoms with van der Waals surface area (Å²) in [4.78, 5) is 11.4. The van der Waals surface area contributed by atoms with E-state index in [1.54, 1.807) is 6.07 Å². The van der Waals surface area contributed by atoms with Crippen LogP contribution in [0.25, 0.3) is 0 Å². The molecule has 0 fully saturated rings. The van der Waals surface area contributed by atoms with Crippen LogP contribution >= 0.6 is 0 Å². The average Bonchev–Trinajstić information content (AvgIpc) is 2.35. The Morgan fingerprint density at radius 1 is 1.59 bits per heavy atom. The molecule has 6 heteroatoms. The molecule has 0 radical (unpaired) electrons. The summed E-state index contributed by atoms with van der Waals surface area (Å²) in [6.45, 7) is -0.0391. The number of esters is 1. The van der Waals surface area contributed by atoms with Crippen molar-refractivity contribution in [2.75, 3.05) is 7.11 Å². The molecular formula is C11H10F2N2O2.